The maximum atomic E-state index is 12.4. The molecule has 1 aliphatic rings. The molecule has 0 unspecified atom stereocenters. The van der Waals surface area contributed by atoms with Crippen molar-refractivity contribution in [2.75, 3.05) is 38.7 Å². The molecule has 0 spiro atoms. The number of anilines is 1. The molecule has 12 nitrogen and oxygen atoms in total. The number of ether oxygens (including phenoxy) is 2. The summed E-state index contributed by atoms with van der Waals surface area (Å²) in [4.78, 5) is 44.8. The average Bonchev–Trinajstić information content (AvgIpc) is 3.01. The minimum Gasteiger partial charge on any atom is -0.450 e. The number of hydrogen-bond acceptors (Lipinski definition) is 7. The summed E-state index contributed by atoms with van der Waals surface area (Å²) in [5.41, 5.74) is 8.76. The maximum absolute atomic E-state index is 12.4. The molecule has 46 heavy (non-hydrogen) atoms. The van der Waals surface area contributed by atoms with Gasteiger partial charge in [0.1, 0.15) is 6.61 Å². The van der Waals surface area contributed by atoms with Gasteiger partial charge in [-0.3, -0.25) is 9.59 Å². The number of nitrogens with two attached hydrogens (primary N) is 1. The minimum absolute atomic E-state index is 0.0290. The van der Waals surface area contributed by atoms with Crippen LogP contribution in [0.5, 0.6) is 0 Å². The minimum atomic E-state index is -1.33. The second kappa shape index (κ2) is 30.0. The summed E-state index contributed by atoms with van der Waals surface area (Å²) in [6.07, 6.45) is 9.10. The lowest BCUT2D eigenvalue weighted by atomic mass is 9.92. The molecule has 0 heterocycles. The number of benzene rings is 1. The number of aryl methyl sites for hydroxylation is 1. The number of urea groups is 1. The number of allylic oxidation sites excluding steroid dienone is 1. The smallest absolute Gasteiger partial charge is 0.450 e. The zero-order valence-electron chi connectivity index (χ0n) is 29.3. The molecule has 1 aromatic carbocycles. The van der Waals surface area contributed by atoms with Gasteiger partial charge < -0.3 is 41.6 Å². The van der Waals surface area contributed by atoms with Crippen molar-refractivity contribution in [3.8, 4) is 0 Å². The van der Waals surface area contributed by atoms with E-state index in [1.807, 2.05) is 20.8 Å². The Morgan fingerprint density at radius 2 is 1.70 bits per heavy atom. The van der Waals surface area contributed by atoms with E-state index < -0.39 is 18.2 Å². The number of rotatable bonds is 17. The zero-order chi connectivity index (χ0) is 35.2. The SMILES string of the molecule is CC.CCC.CCCOCCC(=O)NCC=C1CCC1.CCc1cc(NC(=O)[C@H](CCCNC(N)=O)NC)ccc1COC(=O)O. The molecule has 1 atom stereocenters. The topological polar surface area (TPSA) is 181 Å². The molecule has 0 saturated heterocycles. The monoisotopic (exact) mass is 651 g/mol. The third-order valence-corrected chi connectivity index (χ3v) is 6.35. The van der Waals surface area contributed by atoms with Crippen molar-refractivity contribution in [2.45, 2.75) is 112 Å². The molecular weight excluding hydrogens is 590 g/mol. The molecule has 0 radical (unpaired) electrons. The summed E-state index contributed by atoms with van der Waals surface area (Å²) in [5.74, 6) is -0.106. The number of carbonyl (C=O) groups is 4. The van der Waals surface area contributed by atoms with E-state index in [0.29, 0.717) is 51.1 Å². The van der Waals surface area contributed by atoms with Gasteiger partial charge >= 0.3 is 12.2 Å². The summed E-state index contributed by atoms with van der Waals surface area (Å²) in [7, 11) is 1.69. The second-order valence-corrected chi connectivity index (χ2v) is 10.2. The van der Waals surface area contributed by atoms with Crippen LogP contribution in [0, 0.1) is 0 Å². The Kier molecular flexibility index (Phi) is 29.0. The number of carbonyl (C=O) groups excluding carboxylic acids is 3. The van der Waals surface area contributed by atoms with Gasteiger partial charge in [-0.15, -0.1) is 0 Å². The summed E-state index contributed by atoms with van der Waals surface area (Å²) in [6, 6.07) is 4.25. The van der Waals surface area contributed by atoms with Gasteiger partial charge in [-0.25, -0.2) is 9.59 Å². The predicted octanol–water partition coefficient (Wildman–Crippen LogP) is 5.89. The molecule has 0 aromatic heterocycles. The fourth-order valence-electron chi connectivity index (χ4n) is 3.86. The lowest BCUT2D eigenvalue weighted by Gasteiger charge is -2.17. The quantitative estimate of drug-likeness (QED) is 0.0685. The molecule has 1 fully saturated rings. The lowest BCUT2D eigenvalue weighted by Crippen LogP contribution is -2.39. The van der Waals surface area contributed by atoms with Crippen molar-refractivity contribution < 1.29 is 33.8 Å². The van der Waals surface area contributed by atoms with Crippen LogP contribution in [-0.2, 0) is 32.1 Å². The first-order valence-electron chi connectivity index (χ1n) is 16.6. The highest BCUT2D eigenvalue weighted by molar-refractivity contribution is 5.94. The summed E-state index contributed by atoms with van der Waals surface area (Å²) < 4.78 is 9.84. The van der Waals surface area contributed by atoms with Gasteiger partial charge in [-0.1, -0.05) is 65.7 Å². The highest BCUT2D eigenvalue weighted by atomic mass is 16.7. The molecule has 1 saturated carbocycles. The Hall–Kier alpha value is -3.64. The zero-order valence-corrected chi connectivity index (χ0v) is 29.3. The molecule has 2 rings (SSSR count). The first kappa shape index (κ1) is 44.5. The van der Waals surface area contributed by atoms with Crippen molar-refractivity contribution in [3.05, 3.63) is 41.0 Å². The van der Waals surface area contributed by atoms with Crippen LogP contribution in [0.4, 0.5) is 15.3 Å². The van der Waals surface area contributed by atoms with Gasteiger partial charge in [0.15, 0.2) is 0 Å². The molecule has 1 aliphatic carbocycles. The Morgan fingerprint density at radius 3 is 2.22 bits per heavy atom. The maximum Gasteiger partial charge on any atom is 0.506 e. The van der Waals surface area contributed by atoms with Crippen molar-refractivity contribution in [1.29, 1.82) is 0 Å². The molecule has 264 valence electrons. The molecular formula is C34H61N5O7. The summed E-state index contributed by atoms with van der Waals surface area (Å²) >= 11 is 0. The first-order valence-corrected chi connectivity index (χ1v) is 16.6. The van der Waals surface area contributed by atoms with Gasteiger partial charge in [0.05, 0.1) is 12.6 Å². The molecule has 4 amide bonds. The van der Waals surface area contributed by atoms with Crippen molar-refractivity contribution >= 4 is 29.7 Å². The standard InChI is InChI=1S/C17H26N4O5.C12H21NO2.C3H8.C2H6/c1-3-11-9-13(7-6-12(11)10-26-17(24)25)21-15(22)14(19-2)5-4-8-20-16(18)23;1-2-9-15-10-7-12(14)13-8-6-11-4-3-5-11;1-3-2;1-2/h6-7,9,14,19H,3-5,8,10H2,1-2H3,(H,21,22)(H,24,25)(H3,18,20,23);6H,2-5,7-10H2,1H3,(H,13,14);3H2,1-2H3;1-2H3/t14-;;;/m0.../s1. The number of primary amides is 1. The van der Waals surface area contributed by atoms with E-state index >= 15 is 0 Å². The van der Waals surface area contributed by atoms with E-state index in [4.69, 9.17) is 15.6 Å². The first-order chi connectivity index (χ1) is 22.1. The van der Waals surface area contributed by atoms with Crippen LogP contribution < -0.4 is 27.0 Å². The van der Waals surface area contributed by atoms with Crippen LogP contribution in [0.1, 0.15) is 104 Å². The van der Waals surface area contributed by atoms with E-state index in [0.717, 1.165) is 24.2 Å². The van der Waals surface area contributed by atoms with Crippen molar-refractivity contribution in [2.24, 2.45) is 5.73 Å². The third-order valence-electron chi connectivity index (χ3n) is 6.35. The fraction of sp³-hybridized carbons (Fsp3) is 0.647. The highest BCUT2D eigenvalue weighted by Gasteiger charge is 2.17. The Balaban J connectivity index is 0. The Bertz CT molecular complexity index is 1010. The molecule has 0 bridgehead atoms. The number of amides is 4. The molecule has 0 aliphatic heterocycles. The largest absolute Gasteiger partial charge is 0.506 e. The second-order valence-electron chi connectivity index (χ2n) is 10.2. The van der Waals surface area contributed by atoms with Crippen LogP contribution in [0.2, 0.25) is 0 Å². The summed E-state index contributed by atoms with van der Waals surface area (Å²) in [6.45, 7) is 14.6. The predicted molar refractivity (Wildman–Crippen MR) is 185 cm³/mol. The van der Waals surface area contributed by atoms with E-state index in [2.05, 4.69) is 52.9 Å². The summed E-state index contributed by atoms with van der Waals surface area (Å²) in [5, 5.41) is 19.7. The van der Waals surface area contributed by atoms with Crippen LogP contribution in [0.3, 0.4) is 0 Å². The van der Waals surface area contributed by atoms with E-state index in [1.165, 1.54) is 31.3 Å². The van der Waals surface area contributed by atoms with E-state index in [9.17, 15) is 19.2 Å². The lowest BCUT2D eigenvalue weighted by molar-refractivity contribution is -0.122. The van der Waals surface area contributed by atoms with Gasteiger partial charge in [0, 0.05) is 31.8 Å². The Labute approximate surface area is 276 Å². The van der Waals surface area contributed by atoms with Crippen molar-refractivity contribution in [3.63, 3.8) is 0 Å². The Morgan fingerprint density at radius 1 is 1.02 bits per heavy atom. The van der Waals surface area contributed by atoms with Gasteiger partial charge in [-0.2, -0.15) is 0 Å². The number of carboxylic acid groups (broad SMARTS) is 1. The van der Waals surface area contributed by atoms with Gasteiger partial charge in [-0.05, 0) is 75.3 Å². The van der Waals surface area contributed by atoms with E-state index in [-0.39, 0.29) is 18.4 Å². The number of hydrogen-bond donors (Lipinski definition) is 6. The van der Waals surface area contributed by atoms with Crippen molar-refractivity contribution in [1.82, 2.24) is 16.0 Å². The molecule has 7 N–H and O–H groups in total. The van der Waals surface area contributed by atoms with E-state index in [1.54, 1.807) is 25.2 Å². The number of likely N-dealkylation sites (N-methyl/N-ethyl adjacent to an activating group) is 1. The van der Waals surface area contributed by atoms with Crippen LogP contribution in [0.15, 0.2) is 29.8 Å². The van der Waals surface area contributed by atoms with Gasteiger partial charge in [0.25, 0.3) is 0 Å². The van der Waals surface area contributed by atoms with Crippen LogP contribution in [-0.4, -0.2) is 68.5 Å². The average molecular weight is 652 g/mol. The highest BCUT2D eigenvalue weighted by Crippen LogP contribution is 2.24. The van der Waals surface area contributed by atoms with Gasteiger partial charge in [0.2, 0.25) is 11.8 Å². The fourth-order valence-corrected chi connectivity index (χ4v) is 3.86. The van der Waals surface area contributed by atoms with Crippen LogP contribution >= 0.6 is 0 Å². The molecule has 12 heteroatoms. The number of nitrogens with one attached hydrogen (secondary N) is 4. The normalized spacial score (nSPS) is 11.8. The van der Waals surface area contributed by atoms with Crippen LogP contribution in [0.25, 0.3) is 0 Å². The third kappa shape index (κ3) is 23.7. The molecule has 1 aromatic rings.